The van der Waals surface area contributed by atoms with Crippen LogP contribution in [0.15, 0.2) is 78.9 Å². The third-order valence-electron chi connectivity index (χ3n) is 5.83. The Morgan fingerprint density at radius 3 is 2.53 bits per heavy atom. The van der Waals surface area contributed by atoms with Gasteiger partial charge in [0.2, 0.25) is 11.7 Å². The Morgan fingerprint density at radius 2 is 1.79 bits per heavy atom. The molecule has 1 saturated heterocycles. The van der Waals surface area contributed by atoms with E-state index in [9.17, 15) is 24.5 Å². The van der Waals surface area contributed by atoms with Crippen LogP contribution in [0.3, 0.4) is 0 Å². The first kappa shape index (κ1) is 24.4. The largest absolute Gasteiger partial charge is 0.287 e. The molecule has 0 radical (unpaired) electrons. The van der Waals surface area contributed by atoms with E-state index in [2.05, 4.69) is 26.3 Å². The maximum atomic E-state index is 12.8. The lowest BCUT2D eigenvalue weighted by Gasteiger charge is -2.16. The van der Waals surface area contributed by atoms with Gasteiger partial charge < -0.3 is 0 Å². The fraction of sp³-hybridized carbons (Fsp3) is 0.120. The molecule has 13 nitrogen and oxygen atoms in total. The van der Waals surface area contributed by atoms with Crippen molar-refractivity contribution in [1.29, 1.82) is 0 Å². The lowest BCUT2D eigenvalue weighted by Crippen LogP contribution is -2.48. The molecule has 13 heteroatoms. The van der Waals surface area contributed by atoms with E-state index in [4.69, 9.17) is 0 Å². The van der Waals surface area contributed by atoms with Crippen LogP contribution < -0.4 is 15.8 Å². The molecule has 1 fully saturated rings. The van der Waals surface area contributed by atoms with Crippen LogP contribution in [0.25, 0.3) is 11.4 Å². The minimum atomic E-state index is -1.01. The minimum absolute atomic E-state index is 0.0955. The van der Waals surface area contributed by atoms with Crippen molar-refractivity contribution >= 4 is 29.1 Å². The number of nitro groups is 1. The molecule has 0 bridgehead atoms. The summed E-state index contributed by atoms with van der Waals surface area (Å²) in [6.45, 7) is 0.353. The summed E-state index contributed by atoms with van der Waals surface area (Å²) >= 11 is 0. The summed E-state index contributed by atoms with van der Waals surface area (Å²) < 4.78 is 0. The molecule has 2 N–H and O–H groups in total. The van der Waals surface area contributed by atoms with Gasteiger partial charge in [0, 0.05) is 23.3 Å². The van der Waals surface area contributed by atoms with Crippen LogP contribution in [0.1, 0.15) is 22.3 Å². The van der Waals surface area contributed by atoms with Crippen LogP contribution in [-0.2, 0) is 16.1 Å². The van der Waals surface area contributed by atoms with Gasteiger partial charge in [-0.2, -0.15) is 4.80 Å². The van der Waals surface area contributed by atoms with Crippen LogP contribution in [0.4, 0.5) is 11.4 Å². The average Bonchev–Trinajstić information content (AvgIpc) is 3.51. The van der Waals surface area contributed by atoms with Crippen molar-refractivity contribution < 1.29 is 19.3 Å². The summed E-state index contributed by atoms with van der Waals surface area (Å²) in [6.07, 6.45) is -0.212. The number of carbonyl (C=O) groups is 3. The van der Waals surface area contributed by atoms with E-state index in [0.29, 0.717) is 17.9 Å². The van der Waals surface area contributed by atoms with Gasteiger partial charge in [0.15, 0.2) is 0 Å². The first-order valence-electron chi connectivity index (χ1n) is 11.5. The zero-order chi connectivity index (χ0) is 26.6. The number of tetrazole rings is 1. The van der Waals surface area contributed by atoms with Gasteiger partial charge in [-0.15, -0.1) is 10.2 Å². The lowest BCUT2D eigenvalue weighted by atomic mass is 10.1. The van der Waals surface area contributed by atoms with Crippen molar-refractivity contribution in [2.24, 2.45) is 0 Å². The number of non-ortho nitro benzene ring substituents is 1. The fourth-order valence-electron chi connectivity index (χ4n) is 3.92. The number of carbonyl (C=O) groups excluding carboxylic acids is 3. The van der Waals surface area contributed by atoms with Crippen LogP contribution in [0, 0.1) is 10.1 Å². The fourth-order valence-corrected chi connectivity index (χ4v) is 3.92. The van der Waals surface area contributed by atoms with E-state index in [0.717, 1.165) is 22.1 Å². The third kappa shape index (κ3) is 5.12. The molecule has 1 atom stereocenters. The van der Waals surface area contributed by atoms with E-state index >= 15 is 0 Å². The zero-order valence-corrected chi connectivity index (χ0v) is 19.7. The molecule has 0 saturated carbocycles. The molecule has 1 aliphatic heterocycles. The summed E-state index contributed by atoms with van der Waals surface area (Å²) in [5.41, 5.74) is 6.91. The van der Waals surface area contributed by atoms with Gasteiger partial charge in [-0.3, -0.25) is 29.9 Å². The Hall–Kier alpha value is -5.30. The molecule has 3 amide bonds. The Kier molecular flexibility index (Phi) is 6.65. The molecule has 5 rings (SSSR count). The summed E-state index contributed by atoms with van der Waals surface area (Å²) in [6, 6.07) is 20.4. The number of amides is 3. The normalized spacial score (nSPS) is 15.1. The molecule has 190 valence electrons. The summed E-state index contributed by atoms with van der Waals surface area (Å²) in [5.74, 6) is -1.15. The maximum absolute atomic E-state index is 12.8. The van der Waals surface area contributed by atoms with E-state index in [1.807, 2.05) is 30.3 Å². The van der Waals surface area contributed by atoms with E-state index in [-0.39, 0.29) is 17.8 Å². The number of imide groups is 1. The molecule has 0 aliphatic carbocycles. The first-order chi connectivity index (χ1) is 18.4. The Labute approximate surface area is 215 Å². The lowest BCUT2D eigenvalue weighted by molar-refractivity contribution is -0.384. The standard InChI is InChI=1S/C25H20N8O5/c34-22-14-21(25(36)32(22)19-7-4-8-20(13-19)33(37)38)26-28-24(35)18-11-9-16(10-12-18)15-31-29-23(27-30-31)17-5-2-1-3-6-17/h1-13,21,26H,14-15H2,(H,28,35)/t21-/m1/s1. The van der Waals surface area contributed by atoms with Gasteiger partial charge in [-0.1, -0.05) is 48.5 Å². The number of aromatic nitrogens is 4. The monoisotopic (exact) mass is 512 g/mol. The summed E-state index contributed by atoms with van der Waals surface area (Å²) in [7, 11) is 0. The highest BCUT2D eigenvalue weighted by molar-refractivity contribution is 6.22. The number of nitrogens with zero attached hydrogens (tertiary/aromatic N) is 6. The smallest absolute Gasteiger partial charge is 0.271 e. The number of hydrogen-bond acceptors (Lipinski definition) is 9. The average molecular weight is 512 g/mol. The number of nitrogens with one attached hydrogen (secondary N) is 2. The van der Waals surface area contributed by atoms with Crippen LogP contribution in [0.5, 0.6) is 0 Å². The zero-order valence-electron chi connectivity index (χ0n) is 19.7. The number of rotatable bonds is 8. The van der Waals surface area contributed by atoms with Crippen molar-refractivity contribution in [3.63, 3.8) is 0 Å². The number of hydrazine groups is 1. The van der Waals surface area contributed by atoms with Crippen molar-refractivity contribution in [2.75, 3.05) is 4.90 Å². The molecule has 1 aliphatic rings. The topological polar surface area (TPSA) is 165 Å². The third-order valence-corrected chi connectivity index (χ3v) is 5.83. The van der Waals surface area contributed by atoms with Crippen molar-refractivity contribution in [2.45, 2.75) is 19.0 Å². The van der Waals surface area contributed by atoms with Gasteiger partial charge in [-0.25, -0.2) is 10.3 Å². The Bertz CT molecular complexity index is 1520. The highest BCUT2D eigenvalue weighted by Crippen LogP contribution is 2.26. The molecular formula is C25H20N8O5. The number of anilines is 1. The number of hydrogen-bond donors (Lipinski definition) is 2. The van der Waals surface area contributed by atoms with E-state index in [1.54, 1.807) is 24.3 Å². The SMILES string of the molecule is O=C(NN[C@@H]1CC(=O)N(c2cccc([N+](=O)[O-])c2)C1=O)c1ccc(Cn2nnc(-c3ccccc3)n2)cc1. The van der Waals surface area contributed by atoms with Gasteiger partial charge in [0.05, 0.1) is 23.6 Å². The second-order valence-electron chi connectivity index (χ2n) is 8.41. The molecular weight excluding hydrogens is 492 g/mol. The van der Waals surface area contributed by atoms with Gasteiger partial charge in [-0.05, 0) is 29.0 Å². The van der Waals surface area contributed by atoms with Crippen molar-refractivity contribution in [1.82, 2.24) is 31.1 Å². The van der Waals surface area contributed by atoms with Crippen molar-refractivity contribution in [3.8, 4) is 11.4 Å². The van der Waals surface area contributed by atoms with Crippen LogP contribution in [0.2, 0.25) is 0 Å². The molecule has 3 aromatic carbocycles. The first-order valence-corrected chi connectivity index (χ1v) is 11.5. The molecule has 38 heavy (non-hydrogen) atoms. The Balaban J connectivity index is 1.17. The minimum Gasteiger partial charge on any atom is -0.287 e. The highest BCUT2D eigenvalue weighted by atomic mass is 16.6. The second-order valence-corrected chi connectivity index (χ2v) is 8.41. The quantitative estimate of drug-likeness (QED) is 0.204. The Morgan fingerprint density at radius 1 is 1.03 bits per heavy atom. The van der Waals surface area contributed by atoms with Crippen LogP contribution in [-0.4, -0.2) is 48.9 Å². The van der Waals surface area contributed by atoms with Crippen LogP contribution >= 0.6 is 0 Å². The number of nitro benzene ring substituents is 1. The molecule has 0 unspecified atom stereocenters. The van der Waals surface area contributed by atoms with Crippen molar-refractivity contribution in [3.05, 3.63) is 100 Å². The predicted molar refractivity (Wildman–Crippen MR) is 133 cm³/mol. The number of benzene rings is 3. The summed E-state index contributed by atoms with van der Waals surface area (Å²) in [4.78, 5) is 50.5. The molecule has 1 aromatic heterocycles. The maximum Gasteiger partial charge on any atom is 0.271 e. The van der Waals surface area contributed by atoms with Gasteiger partial charge in [0.25, 0.3) is 17.5 Å². The second kappa shape index (κ2) is 10.4. The molecule has 4 aromatic rings. The predicted octanol–water partition coefficient (Wildman–Crippen LogP) is 1.86. The van der Waals surface area contributed by atoms with Gasteiger partial charge >= 0.3 is 0 Å². The highest BCUT2D eigenvalue weighted by Gasteiger charge is 2.40. The van der Waals surface area contributed by atoms with E-state index < -0.39 is 28.7 Å². The summed E-state index contributed by atoms with van der Waals surface area (Å²) in [5, 5.41) is 23.5. The van der Waals surface area contributed by atoms with E-state index in [1.165, 1.54) is 23.0 Å². The molecule has 0 spiro atoms. The van der Waals surface area contributed by atoms with Gasteiger partial charge in [0.1, 0.15) is 6.04 Å². The molecule has 2 heterocycles.